The lowest BCUT2D eigenvalue weighted by Crippen LogP contribution is -2.35. The van der Waals surface area contributed by atoms with Gasteiger partial charge in [-0.05, 0) is 37.0 Å². The van der Waals surface area contributed by atoms with Crippen LogP contribution >= 0.6 is 0 Å². The lowest BCUT2D eigenvalue weighted by atomic mass is 10.1. The number of fused-ring (bicyclic) bond motifs is 1. The van der Waals surface area contributed by atoms with Crippen LogP contribution in [0.4, 0.5) is 0 Å². The molecule has 1 aromatic carbocycles. The Hall–Kier alpha value is -2.69. The zero-order valence-electron chi connectivity index (χ0n) is 15.0. The molecule has 134 valence electrons. The smallest absolute Gasteiger partial charge is 0.223 e. The van der Waals surface area contributed by atoms with E-state index in [2.05, 4.69) is 21.7 Å². The zero-order valence-corrected chi connectivity index (χ0v) is 15.0. The average molecular weight is 348 g/mol. The van der Waals surface area contributed by atoms with Crippen molar-refractivity contribution >= 4 is 17.1 Å². The lowest BCUT2D eigenvalue weighted by Gasteiger charge is -2.26. The summed E-state index contributed by atoms with van der Waals surface area (Å²) in [5.41, 5.74) is 2.99. The molecule has 5 nitrogen and oxygen atoms in total. The fraction of sp³-hybridized carbons (Fsp3) is 0.381. The summed E-state index contributed by atoms with van der Waals surface area (Å²) in [4.78, 5) is 23.8. The molecule has 0 aliphatic carbocycles. The van der Waals surface area contributed by atoms with E-state index in [1.54, 1.807) is 6.20 Å². The second kappa shape index (κ2) is 7.68. The SMILES string of the molecule is O=C(CCc1nc2cccnc2n1Cc1ccccc1)N1CCCCC1. The molecule has 0 atom stereocenters. The zero-order chi connectivity index (χ0) is 17.8. The lowest BCUT2D eigenvalue weighted by molar-refractivity contribution is -0.132. The molecule has 0 unspecified atom stereocenters. The molecular formula is C21H24N4O. The molecule has 0 spiro atoms. The van der Waals surface area contributed by atoms with Gasteiger partial charge in [0.05, 0.1) is 6.54 Å². The number of carbonyl (C=O) groups excluding carboxylic acids is 1. The molecule has 1 aliphatic rings. The number of aryl methyl sites for hydroxylation is 1. The van der Waals surface area contributed by atoms with Crippen LogP contribution in [0.5, 0.6) is 0 Å². The third kappa shape index (κ3) is 3.62. The van der Waals surface area contributed by atoms with Crippen molar-refractivity contribution in [3.05, 3.63) is 60.0 Å². The van der Waals surface area contributed by atoms with Gasteiger partial charge in [0, 0.05) is 32.1 Å². The van der Waals surface area contributed by atoms with Crippen molar-refractivity contribution in [3.63, 3.8) is 0 Å². The van der Waals surface area contributed by atoms with Gasteiger partial charge in [-0.2, -0.15) is 0 Å². The van der Waals surface area contributed by atoms with E-state index in [1.807, 2.05) is 35.2 Å². The molecule has 0 saturated carbocycles. The summed E-state index contributed by atoms with van der Waals surface area (Å²) in [5.74, 6) is 1.18. The van der Waals surface area contributed by atoms with Crippen molar-refractivity contribution in [1.82, 2.24) is 19.4 Å². The monoisotopic (exact) mass is 348 g/mol. The third-order valence-corrected chi connectivity index (χ3v) is 5.04. The van der Waals surface area contributed by atoms with Crippen LogP contribution in [-0.2, 0) is 17.8 Å². The van der Waals surface area contributed by atoms with Crippen LogP contribution < -0.4 is 0 Å². The molecule has 1 saturated heterocycles. The number of benzene rings is 1. The van der Waals surface area contributed by atoms with Crippen molar-refractivity contribution in [1.29, 1.82) is 0 Å². The molecule has 26 heavy (non-hydrogen) atoms. The van der Waals surface area contributed by atoms with E-state index in [4.69, 9.17) is 4.98 Å². The van der Waals surface area contributed by atoms with Crippen LogP contribution in [0.15, 0.2) is 48.7 Å². The standard InChI is InChI=1S/C21H24N4O/c26-20(24-14-5-2-6-15-24)12-11-19-23-18-10-7-13-22-21(18)25(19)16-17-8-3-1-4-9-17/h1,3-4,7-10,13H,2,5-6,11-12,14-16H2. The summed E-state index contributed by atoms with van der Waals surface area (Å²) >= 11 is 0. The van der Waals surface area contributed by atoms with E-state index in [0.717, 1.165) is 49.5 Å². The van der Waals surface area contributed by atoms with Crippen molar-refractivity contribution in [2.45, 2.75) is 38.6 Å². The Bertz CT molecular complexity index is 881. The van der Waals surface area contributed by atoms with Gasteiger partial charge in [0.2, 0.25) is 5.91 Å². The molecule has 1 fully saturated rings. The molecule has 3 heterocycles. The maximum Gasteiger partial charge on any atom is 0.223 e. The number of aromatic nitrogens is 3. The number of imidazole rings is 1. The summed E-state index contributed by atoms with van der Waals surface area (Å²) in [6, 6.07) is 14.2. The first kappa shape index (κ1) is 16.8. The highest BCUT2D eigenvalue weighted by Crippen LogP contribution is 2.18. The van der Waals surface area contributed by atoms with Crippen molar-refractivity contribution in [2.24, 2.45) is 0 Å². The van der Waals surface area contributed by atoms with E-state index in [0.29, 0.717) is 12.8 Å². The highest BCUT2D eigenvalue weighted by Gasteiger charge is 2.18. The van der Waals surface area contributed by atoms with Crippen molar-refractivity contribution < 1.29 is 4.79 Å². The summed E-state index contributed by atoms with van der Waals surface area (Å²) in [7, 11) is 0. The number of amides is 1. The van der Waals surface area contributed by atoms with Crippen LogP contribution in [0, 0.1) is 0 Å². The first-order valence-corrected chi connectivity index (χ1v) is 9.43. The first-order valence-electron chi connectivity index (χ1n) is 9.43. The van der Waals surface area contributed by atoms with E-state index in [-0.39, 0.29) is 5.91 Å². The van der Waals surface area contributed by atoms with E-state index in [1.165, 1.54) is 12.0 Å². The molecule has 1 aliphatic heterocycles. The van der Waals surface area contributed by atoms with Crippen LogP contribution in [0.1, 0.15) is 37.1 Å². The minimum atomic E-state index is 0.246. The Kier molecular flexibility index (Phi) is 4.95. The molecule has 1 amide bonds. The maximum absolute atomic E-state index is 12.5. The Morgan fingerprint density at radius 1 is 1.00 bits per heavy atom. The maximum atomic E-state index is 12.5. The molecule has 5 heteroatoms. The van der Waals surface area contributed by atoms with Gasteiger partial charge in [-0.15, -0.1) is 0 Å². The van der Waals surface area contributed by atoms with E-state index < -0.39 is 0 Å². The van der Waals surface area contributed by atoms with Crippen LogP contribution in [0.3, 0.4) is 0 Å². The Balaban J connectivity index is 1.55. The predicted molar refractivity (Wildman–Crippen MR) is 102 cm³/mol. The van der Waals surface area contributed by atoms with Gasteiger partial charge in [0.1, 0.15) is 11.3 Å². The molecule has 4 rings (SSSR count). The topological polar surface area (TPSA) is 51.0 Å². The van der Waals surface area contributed by atoms with Crippen LogP contribution in [0.2, 0.25) is 0 Å². The Labute approximate surface area is 153 Å². The van der Waals surface area contributed by atoms with Gasteiger partial charge in [0.25, 0.3) is 0 Å². The van der Waals surface area contributed by atoms with Gasteiger partial charge in [-0.1, -0.05) is 30.3 Å². The van der Waals surface area contributed by atoms with Gasteiger partial charge in [-0.25, -0.2) is 9.97 Å². The van der Waals surface area contributed by atoms with Crippen molar-refractivity contribution in [2.75, 3.05) is 13.1 Å². The predicted octanol–water partition coefficient (Wildman–Crippen LogP) is 3.42. The number of nitrogens with zero attached hydrogens (tertiary/aromatic N) is 4. The minimum Gasteiger partial charge on any atom is -0.343 e. The van der Waals surface area contributed by atoms with Gasteiger partial charge < -0.3 is 9.47 Å². The van der Waals surface area contributed by atoms with Gasteiger partial charge >= 0.3 is 0 Å². The quantitative estimate of drug-likeness (QED) is 0.710. The van der Waals surface area contributed by atoms with E-state index in [9.17, 15) is 4.79 Å². The van der Waals surface area contributed by atoms with E-state index >= 15 is 0 Å². The molecule has 2 aromatic heterocycles. The fourth-order valence-electron chi connectivity index (χ4n) is 3.65. The molecule has 0 N–H and O–H groups in total. The second-order valence-electron chi connectivity index (χ2n) is 6.89. The second-order valence-corrected chi connectivity index (χ2v) is 6.89. The number of hydrogen-bond donors (Lipinski definition) is 0. The third-order valence-electron chi connectivity index (χ3n) is 5.04. The number of hydrogen-bond acceptors (Lipinski definition) is 3. The fourth-order valence-corrected chi connectivity index (χ4v) is 3.65. The highest BCUT2D eigenvalue weighted by molar-refractivity contribution is 5.77. The van der Waals surface area contributed by atoms with Gasteiger partial charge in [-0.3, -0.25) is 4.79 Å². The molecule has 0 radical (unpaired) electrons. The highest BCUT2D eigenvalue weighted by atomic mass is 16.2. The average Bonchev–Trinajstić information content (AvgIpc) is 3.05. The van der Waals surface area contributed by atoms with Crippen LogP contribution in [0.25, 0.3) is 11.2 Å². The first-order chi connectivity index (χ1) is 12.8. The number of likely N-dealkylation sites (tertiary alicyclic amines) is 1. The Morgan fingerprint density at radius 3 is 2.62 bits per heavy atom. The number of rotatable bonds is 5. The number of piperidine rings is 1. The minimum absolute atomic E-state index is 0.246. The number of carbonyl (C=O) groups is 1. The summed E-state index contributed by atoms with van der Waals surface area (Å²) in [6.45, 7) is 2.53. The number of pyridine rings is 1. The molecule has 0 bridgehead atoms. The normalized spacial score (nSPS) is 14.7. The molecule has 3 aromatic rings. The largest absolute Gasteiger partial charge is 0.343 e. The summed E-state index contributed by atoms with van der Waals surface area (Å²) < 4.78 is 2.15. The Morgan fingerprint density at radius 2 is 1.81 bits per heavy atom. The molecular weight excluding hydrogens is 324 g/mol. The summed E-state index contributed by atoms with van der Waals surface area (Å²) in [5, 5.41) is 0. The van der Waals surface area contributed by atoms with Crippen LogP contribution in [-0.4, -0.2) is 38.4 Å². The summed E-state index contributed by atoms with van der Waals surface area (Å²) in [6.07, 6.45) is 6.46. The van der Waals surface area contributed by atoms with Gasteiger partial charge in [0.15, 0.2) is 5.65 Å². The van der Waals surface area contributed by atoms with Crippen molar-refractivity contribution in [3.8, 4) is 0 Å².